The highest BCUT2D eigenvalue weighted by atomic mass is 35.6. The van der Waals surface area contributed by atoms with Gasteiger partial charge in [-0.15, -0.1) is 0 Å². The summed E-state index contributed by atoms with van der Waals surface area (Å²) in [5, 5.41) is 9.73. The first-order valence-electron chi connectivity index (χ1n) is 4.97. The lowest BCUT2D eigenvalue weighted by Crippen LogP contribution is -2.16. The molecule has 0 unspecified atom stereocenters. The average Bonchev–Trinajstić information content (AvgIpc) is 2.37. The Hall–Kier alpha value is -0.000000000000000167. The first-order chi connectivity index (χ1) is 8.72. The van der Waals surface area contributed by atoms with E-state index in [4.69, 9.17) is 39.3 Å². The molecule has 5 nitrogen and oxygen atoms in total. The Morgan fingerprint density at radius 1 is 1.16 bits per heavy atom. The Balaban J connectivity index is 2.86. The molecule has 0 saturated carbocycles. The number of rotatable bonds is 5. The second-order valence-corrected chi connectivity index (χ2v) is 7.59. The quantitative estimate of drug-likeness (QED) is 0.646. The van der Waals surface area contributed by atoms with E-state index in [2.05, 4.69) is 9.05 Å². The summed E-state index contributed by atoms with van der Waals surface area (Å²) in [5.41, 5.74) is 0.372. The smallest absolute Gasteiger partial charge is 0.404 e. The molecule has 0 aliphatic heterocycles. The lowest BCUT2D eigenvalue weighted by Gasteiger charge is -2.19. The van der Waals surface area contributed by atoms with Gasteiger partial charge in [0.1, 0.15) is 11.9 Å². The molecule has 0 radical (unpaired) electrons. The van der Waals surface area contributed by atoms with E-state index in [0.29, 0.717) is 5.56 Å². The summed E-state index contributed by atoms with van der Waals surface area (Å²) in [5.74, 6) is 0.229. The zero-order valence-electron chi connectivity index (χ0n) is 10.0. The Bertz CT molecular complexity index is 451. The van der Waals surface area contributed by atoms with E-state index in [1.54, 1.807) is 0 Å². The van der Waals surface area contributed by atoms with Gasteiger partial charge < -0.3 is 9.63 Å². The zero-order chi connectivity index (χ0) is 14.7. The second kappa shape index (κ2) is 6.64. The fourth-order valence-electron chi connectivity index (χ4n) is 1.18. The van der Waals surface area contributed by atoms with E-state index in [0.717, 1.165) is 0 Å². The molecule has 0 fully saturated rings. The number of halogens is 3. The summed E-state index contributed by atoms with van der Waals surface area (Å²) in [6, 6.07) is 5.83. The minimum atomic E-state index is -3.62. The van der Waals surface area contributed by atoms with Crippen LogP contribution in [0.5, 0.6) is 5.75 Å². The van der Waals surface area contributed by atoms with E-state index in [-0.39, 0.29) is 5.75 Å². The van der Waals surface area contributed by atoms with Crippen LogP contribution >= 0.6 is 42.6 Å². The van der Waals surface area contributed by atoms with Crippen LogP contribution in [0.1, 0.15) is 11.7 Å². The lowest BCUT2D eigenvalue weighted by molar-refractivity contribution is 0.182. The third kappa shape index (κ3) is 4.80. The molecule has 0 aliphatic rings. The number of benzene rings is 1. The standard InChI is InChI=1S/C10H12Cl3O5P/c1-16-19(15,17-2)18-8-5-3-7(4-6-8)9(14)10(11,12)13/h3-6,9,14H,1-2H3/t9-/m1/s1. The van der Waals surface area contributed by atoms with Crippen LogP contribution in [0, 0.1) is 0 Å². The average molecular weight is 350 g/mol. The number of alkyl halides is 3. The number of hydrogen-bond acceptors (Lipinski definition) is 5. The van der Waals surface area contributed by atoms with E-state index in [1.807, 2.05) is 0 Å². The van der Waals surface area contributed by atoms with Crippen LogP contribution in [0.3, 0.4) is 0 Å². The largest absolute Gasteiger partial charge is 0.529 e. The molecule has 0 aromatic heterocycles. The number of phosphoric acid groups is 1. The summed E-state index contributed by atoms with van der Waals surface area (Å²) in [4.78, 5) is 0. The Kier molecular flexibility index (Phi) is 5.96. The van der Waals surface area contributed by atoms with Crippen molar-refractivity contribution in [3.8, 4) is 5.75 Å². The van der Waals surface area contributed by atoms with Crippen molar-refractivity contribution in [1.29, 1.82) is 0 Å². The monoisotopic (exact) mass is 348 g/mol. The van der Waals surface area contributed by atoms with Gasteiger partial charge in [0.25, 0.3) is 0 Å². The van der Waals surface area contributed by atoms with E-state index < -0.39 is 17.7 Å². The van der Waals surface area contributed by atoms with Crippen molar-refractivity contribution in [2.75, 3.05) is 14.2 Å². The zero-order valence-corrected chi connectivity index (χ0v) is 13.2. The predicted octanol–water partition coefficient (Wildman–Crippen LogP) is 3.87. The third-order valence-corrected chi connectivity index (χ3v) is 4.12. The first kappa shape index (κ1) is 17.1. The number of aliphatic hydroxyl groups excluding tert-OH is 1. The highest BCUT2D eigenvalue weighted by Crippen LogP contribution is 2.48. The third-order valence-electron chi connectivity index (χ3n) is 2.17. The first-order valence-corrected chi connectivity index (χ1v) is 7.57. The molecule has 1 aromatic rings. The summed E-state index contributed by atoms with van der Waals surface area (Å²) >= 11 is 16.7. The van der Waals surface area contributed by atoms with Crippen molar-refractivity contribution >= 4 is 42.6 Å². The van der Waals surface area contributed by atoms with Gasteiger partial charge >= 0.3 is 7.82 Å². The molecule has 0 bridgehead atoms. The van der Waals surface area contributed by atoms with Gasteiger partial charge in [-0.1, -0.05) is 46.9 Å². The van der Waals surface area contributed by atoms with Crippen LogP contribution in [0.25, 0.3) is 0 Å². The topological polar surface area (TPSA) is 65.0 Å². The van der Waals surface area contributed by atoms with Gasteiger partial charge in [-0.3, -0.25) is 9.05 Å². The fourth-order valence-corrected chi connectivity index (χ4v) is 2.23. The second-order valence-electron chi connectivity index (χ2n) is 3.42. The number of phosphoric ester groups is 1. The Labute approximate surface area is 125 Å². The van der Waals surface area contributed by atoms with Crippen molar-refractivity contribution < 1.29 is 23.2 Å². The maximum atomic E-state index is 11.7. The minimum absolute atomic E-state index is 0.229. The summed E-state index contributed by atoms with van der Waals surface area (Å²) in [7, 11) is -1.22. The Morgan fingerprint density at radius 2 is 1.63 bits per heavy atom. The van der Waals surface area contributed by atoms with Crippen LogP contribution in [-0.2, 0) is 13.6 Å². The van der Waals surface area contributed by atoms with Crippen molar-refractivity contribution in [2.45, 2.75) is 9.90 Å². The summed E-state index contributed by atoms with van der Waals surface area (Å²) in [6.45, 7) is 0. The van der Waals surface area contributed by atoms with Crippen LogP contribution in [0.2, 0.25) is 0 Å². The van der Waals surface area contributed by atoms with Gasteiger partial charge in [-0.2, -0.15) is 0 Å². The van der Waals surface area contributed by atoms with Crippen molar-refractivity contribution in [2.24, 2.45) is 0 Å². The number of hydrogen-bond donors (Lipinski definition) is 1. The van der Waals surface area contributed by atoms with Crippen molar-refractivity contribution in [3.63, 3.8) is 0 Å². The van der Waals surface area contributed by atoms with E-state index in [9.17, 15) is 9.67 Å². The van der Waals surface area contributed by atoms with Gasteiger partial charge in [0, 0.05) is 14.2 Å². The predicted molar refractivity (Wildman–Crippen MR) is 73.9 cm³/mol. The Morgan fingerprint density at radius 3 is 2.00 bits per heavy atom. The van der Waals surface area contributed by atoms with Crippen LogP contribution in [0.4, 0.5) is 0 Å². The molecule has 1 aromatic carbocycles. The molecule has 0 heterocycles. The molecule has 0 amide bonds. The van der Waals surface area contributed by atoms with Crippen molar-refractivity contribution in [3.05, 3.63) is 29.8 Å². The van der Waals surface area contributed by atoms with Crippen LogP contribution in [-0.4, -0.2) is 23.1 Å². The summed E-state index contributed by atoms with van der Waals surface area (Å²) in [6.07, 6.45) is -1.29. The van der Waals surface area contributed by atoms with Gasteiger partial charge in [-0.25, -0.2) is 4.57 Å². The van der Waals surface area contributed by atoms with Gasteiger partial charge in [0.05, 0.1) is 0 Å². The number of aliphatic hydroxyl groups is 1. The lowest BCUT2D eigenvalue weighted by atomic mass is 10.1. The maximum Gasteiger partial charge on any atom is 0.529 e. The van der Waals surface area contributed by atoms with Crippen LogP contribution < -0.4 is 4.52 Å². The molecule has 0 aliphatic carbocycles. The van der Waals surface area contributed by atoms with E-state index in [1.165, 1.54) is 38.5 Å². The van der Waals surface area contributed by atoms with Gasteiger partial charge in [-0.05, 0) is 17.7 Å². The van der Waals surface area contributed by atoms with Crippen molar-refractivity contribution in [1.82, 2.24) is 0 Å². The highest BCUT2D eigenvalue weighted by Gasteiger charge is 2.32. The minimum Gasteiger partial charge on any atom is -0.404 e. The molecule has 1 N–H and O–H groups in total. The molecular formula is C10H12Cl3O5P. The highest BCUT2D eigenvalue weighted by molar-refractivity contribution is 7.48. The van der Waals surface area contributed by atoms with Crippen LogP contribution in [0.15, 0.2) is 24.3 Å². The molecule has 1 atom stereocenters. The maximum absolute atomic E-state index is 11.7. The fraction of sp³-hybridized carbons (Fsp3) is 0.400. The summed E-state index contributed by atoms with van der Waals surface area (Å²) < 4.78 is 24.2. The molecule has 108 valence electrons. The molecular weight excluding hydrogens is 337 g/mol. The molecule has 1 rings (SSSR count). The molecule has 9 heteroatoms. The normalized spacial score (nSPS) is 14.2. The molecule has 19 heavy (non-hydrogen) atoms. The van der Waals surface area contributed by atoms with Gasteiger partial charge in [0.15, 0.2) is 0 Å². The molecule has 0 spiro atoms. The van der Waals surface area contributed by atoms with E-state index >= 15 is 0 Å². The van der Waals surface area contributed by atoms with Gasteiger partial charge in [0.2, 0.25) is 3.79 Å². The molecule has 0 saturated heterocycles. The SMILES string of the molecule is COP(=O)(OC)Oc1ccc([C@@H](O)C(Cl)(Cl)Cl)cc1.